The first-order valence-electron chi connectivity index (χ1n) is 8.75. The average molecular weight is 355 g/mol. The van der Waals surface area contributed by atoms with Crippen molar-refractivity contribution in [2.24, 2.45) is 0 Å². The second kappa shape index (κ2) is 7.80. The molecule has 26 heavy (non-hydrogen) atoms. The molecule has 7 nitrogen and oxygen atoms in total. The first-order chi connectivity index (χ1) is 12.5. The van der Waals surface area contributed by atoms with Crippen molar-refractivity contribution in [3.8, 4) is 11.3 Å². The molecule has 2 heterocycles. The Morgan fingerprint density at radius 3 is 2.69 bits per heavy atom. The van der Waals surface area contributed by atoms with Crippen LogP contribution in [0.3, 0.4) is 0 Å². The van der Waals surface area contributed by atoms with Gasteiger partial charge in [0.05, 0.1) is 23.4 Å². The maximum absolute atomic E-state index is 12.9. The van der Waals surface area contributed by atoms with Gasteiger partial charge in [0, 0.05) is 38.0 Å². The minimum Gasteiger partial charge on any atom is -0.378 e. The largest absolute Gasteiger partial charge is 0.378 e. The Morgan fingerprint density at radius 2 is 2.04 bits per heavy atom. The fraction of sp³-hybridized carbons (Fsp3) is 0.421. The molecule has 0 bridgehead atoms. The maximum Gasteiger partial charge on any atom is 0.255 e. The van der Waals surface area contributed by atoms with E-state index >= 15 is 0 Å². The highest BCUT2D eigenvalue weighted by atomic mass is 16.5. The van der Waals surface area contributed by atoms with Crippen LogP contribution in [-0.4, -0.2) is 59.2 Å². The van der Waals surface area contributed by atoms with Crippen LogP contribution in [0, 0.1) is 0 Å². The number of nitrogens with two attached hydrogens (primary N) is 1. The predicted molar refractivity (Wildman–Crippen MR) is 101 cm³/mol. The van der Waals surface area contributed by atoms with Gasteiger partial charge in [-0.05, 0) is 13.8 Å². The Morgan fingerprint density at radius 1 is 1.31 bits per heavy atom. The zero-order valence-electron chi connectivity index (χ0n) is 15.3. The summed E-state index contributed by atoms with van der Waals surface area (Å²) in [6.07, 6.45) is 1.44. The molecule has 1 amide bonds. The van der Waals surface area contributed by atoms with Crippen molar-refractivity contribution in [1.29, 1.82) is 0 Å². The first-order valence-corrected chi connectivity index (χ1v) is 8.75. The van der Waals surface area contributed by atoms with E-state index < -0.39 is 0 Å². The molecule has 7 heteroatoms. The monoisotopic (exact) mass is 355 g/mol. The number of hydrogen-bond donors (Lipinski definition) is 2. The zero-order chi connectivity index (χ0) is 18.7. The highest BCUT2D eigenvalue weighted by molar-refractivity contribution is 6.00. The number of nitrogens with zero attached hydrogens (tertiary/aromatic N) is 3. The lowest BCUT2D eigenvalue weighted by atomic mass is 10.1. The summed E-state index contributed by atoms with van der Waals surface area (Å²) in [5, 5.41) is 3.08. The third-order valence-corrected chi connectivity index (χ3v) is 4.74. The van der Waals surface area contributed by atoms with Gasteiger partial charge in [-0.3, -0.25) is 9.69 Å². The van der Waals surface area contributed by atoms with Gasteiger partial charge in [-0.15, -0.1) is 0 Å². The summed E-state index contributed by atoms with van der Waals surface area (Å²) >= 11 is 0. The third kappa shape index (κ3) is 3.84. The number of benzene rings is 1. The second-order valence-corrected chi connectivity index (χ2v) is 6.76. The summed E-state index contributed by atoms with van der Waals surface area (Å²) in [6, 6.07) is 9.81. The summed E-state index contributed by atoms with van der Waals surface area (Å²) < 4.78 is 5.57. The van der Waals surface area contributed by atoms with E-state index in [1.54, 1.807) is 7.11 Å². The Balaban J connectivity index is 1.84. The number of rotatable bonds is 5. The number of amides is 1. The minimum atomic E-state index is -0.221. The number of carbonyl (C=O) groups is 1. The Bertz CT molecular complexity index is 766. The molecule has 0 spiro atoms. The molecule has 1 fully saturated rings. The van der Waals surface area contributed by atoms with Crippen molar-refractivity contribution in [3.63, 3.8) is 0 Å². The predicted octanol–water partition coefficient (Wildman–Crippen LogP) is 1.56. The van der Waals surface area contributed by atoms with Crippen LogP contribution in [0.5, 0.6) is 0 Å². The molecule has 138 valence electrons. The number of ether oxygens (including phenoxy) is 1. The lowest BCUT2D eigenvalue weighted by Crippen LogP contribution is -2.44. The minimum absolute atomic E-state index is 0.0452. The molecule has 0 unspecified atom stereocenters. The highest BCUT2D eigenvalue weighted by Crippen LogP contribution is 2.22. The topological polar surface area (TPSA) is 93.4 Å². The molecule has 2 atom stereocenters. The first kappa shape index (κ1) is 18.3. The van der Waals surface area contributed by atoms with Gasteiger partial charge in [0.25, 0.3) is 5.91 Å². The Labute approximate surface area is 153 Å². The highest BCUT2D eigenvalue weighted by Gasteiger charge is 2.35. The normalized spacial score (nSPS) is 20.5. The van der Waals surface area contributed by atoms with Gasteiger partial charge >= 0.3 is 0 Å². The van der Waals surface area contributed by atoms with E-state index in [0.717, 1.165) is 18.7 Å². The SMILES string of the molecule is CO[C@@H]1CN(C(C)C)C[C@H]1NC(=O)c1cnc(N)nc1-c1ccccc1. The van der Waals surface area contributed by atoms with E-state index in [1.165, 1.54) is 6.20 Å². The molecule has 0 saturated carbocycles. The number of likely N-dealkylation sites (tertiary alicyclic amines) is 1. The summed E-state index contributed by atoms with van der Waals surface area (Å²) in [6.45, 7) is 5.82. The van der Waals surface area contributed by atoms with Gasteiger partial charge in [0.2, 0.25) is 5.95 Å². The van der Waals surface area contributed by atoms with Crippen LogP contribution in [0.15, 0.2) is 36.5 Å². The van der Waals surface area contributed by atoms with E-state index in [9.17, 15) is 4.79 Å². The van der Waals surface area contributed by atoms with Crippen LogP contribution in [0.25, 0.3) is 11.3 Å². The van der Waals surface area contributed by atoms with Crippen molar-refractivity contribution in [3.05, 3.63) is 42.1 Å². The fourth-order valence-electron chi connectivity index (χ4n) is 3.23. The molecule has 1 aliphatic rings. The van der Waals surface area contributed by atoms with Gasteiger partial charge < -0.3 is 15.8 Å². The summed E-state index contributed by atoms with van der Waals surface area (Å²) in [5.74, 6) is -0.0801. The number of hydrogen-bond acceptors (Lipinski definition) is 6. The van der Waals surface area contributed by atoms with E-state index in [2.05, 4.69) is 34.0 Å². The lowest BCUT2D eigenvalue weighted by molar-refractivity contribution is 0.0753. The average Bonchev–Trinajstić information content (AvgIpc) is 3.05. The van der Waals surface area contributed by atoms with Crippen LogP contribution in [0.1, 0.15) is 24.2 Å². The number of aromatic nitrogens is 2. The fourth-order valence-corrected chi connectivity index (χ4v) is 3.23. The van der Waals surface area contributed by atoms with Gasteiger partial charge in [0.15, 0.2) is 0 Å². The van der Waals surface area contributed by atoms with Gasteiger partial charge in [-0.25, -0.2) is 9.97 Å². The molecule has 2 aromatic rings. The van der Waals surface area contributed by atoms with Crippen molar-refractivity contribution < 1.29 is 9.53 Å². The molecule has 1 aliphatic heterocycles. The van der Waals surface area contributed by atoms with Gasteiger partial charge in [0.1, 0.15) is 0 Å². The van der Waals surface area contributed by atoms with Crippen molar-refractivity contribution in [2.75, 3.05) is 25.9 Å². The van der Waals surface area contributed by atoms with Gasteiger partial charge in [-0.2, -0.15) is 0 Å². The number of nitrogens with one attached hydrogen (secondary N) is 1. The molecule has 0 aliphatic carbocycles. The van der Waals surface area contributed by atoms with E-state index in [-0.39, 0.29) is 24.0 Å². The smallest absolute Gasteiger partial charge is 0.255 e. The van der Waals surface area contributed by atoms with Crippen molar-refractivity contribution in [1.82, 2.24) is 20.2 Å². The van der Waals surface area contributed by atoms with E-state index in [1.807, 2.05) is 30.3 Å². The number of methoxy groups -OCH3 is 1. The molecule has 1 aromatic heterocycles. The Kier molecular flexibility index (Phi) is 5.49. The third-order valence-electron chi connectivity index (χ3n) is 4.74. The van der Waals surface area contributed by atoms with Crippen LogP contribution < -0.4 is 11.1 Å². The molecular formula is C19H25N5O2. The molecule has 1 saturated heterocycles. The molecule has 1 aromatic carbocycles. The van der Waals surface area contributed by atoms with Crippen molar-refractivity contribution >= 4 is 11.9 Å². The number of carbonyl (C=O) groups excluding carboxylic acids is 1. The maximum atomic E-state index is 12.9. The second-order valence-electron chi connectivity index (χ2n) is 6.76. The van der Waals surface area contributed by atoms with Gasteiger partial charge in [-0.1, -0.05) is 30.3 Å². The van der Waals surface area contributed by atoms with Crippen molar-refractivity contribution in [2.45, 2.75) is 32.0 Å². The summed E-state index contributed by atoms with van der Waals surface area (Å²) in [7, 11) is 1.68. The number of nitrogen functional groups attached to an aromatic ring is 1. The quantitative estimate of drug-likeness (QED) is 0.845. The van der Waals surface area contributed by atoms with Crippen LogP contribution >= 0.6 is 0 Å². The van der Waals surface area contributed by atoms with Crippen LogP contribution in [-0.2, 0) is 4.74 Å². The van der Waals surface area contributed by atoms with Crippen LogP contribution in [0.2, 0.25) is 0 Å². The Hall–Kier alpha value is -2.51. The molecular weight excluding hydrogens is 330 g/mol. The molecule has 0 radical (unpaired) electrons. The van der Waals surface area contributed by atoms with Crippen LogP contribution in [0.4, 0.5) is 5.95 Å². The number of anilines is 1. The standard InChI is InChI=1S/C19H25N5O2/c1-12(2)24-10-15(16(11-24)26-3)22-18(25)14-9-21-19(20)23-17(14)13-7-5-4-6-8-13/h4-9,12,15-16H,10-11H2,1-3H3,(H,22,25)(H2,20,21,23)/t15-,16-/m1/s1. The molecule has 3 N–H and O–H groups in total. The lowest BCUT2D eigenvalue weighted by Gasteiger charge is -2.20. The van der Waals surface area contributed by atoms with E-state index in [0.29, 0.717) is 17.3 Å². The summed E-state index contributed by atoms with van der Waals surface area (Å²) in [5.41, 5.74) is 7.50. The molecule has 3 rings (SSSR count). The summed E-state index contributed by atoms with van der Waals surface area (Å²) in [4.78, 5) is 23.5. The zero-order valence-corrected chi connectivity index (χ0v) is 15.3. The van der Waals surface area contributed by atoms with E-state index in [4.69, 9.17) is 10.5 Å².